The van der Waals surface area contributed by atoms with E-state index in [0.717, 1.165) is 56.1 Å². The summed E-state index contributed by atoms with van der Waals surface area (Å²) < 4.78 is 0. The Bertz CT molecular complexity index is 852. The fourth-order valence-corrected chi connectivity index (χ4v) is 4.39. The van der Waals surface area contributed by atoms with E-state index in [1.54, 1.807) is 11.8 Å². The third-order valence-corrected chi connectivity index (χ3v) is 6.30. The van der Waals surface area contributed by atoms with Crippen LogP contribution in [0.15, 0.2) is 53.4 Å². The van der Waals surface area contributed by atoms with Gasteiger partial charge in [0.05, 0.1) is 5.69 Å². The van der Waals surface area contributed by atoms with Crippen molar-refractivity contribution in [1.29, 1.82) is 0 Å². The zero-order chi connectivity index (χ0) is 21.3. The maximum absolute atomic E-state index is 12.6. The maximum Gasteiger partial charge on any atom is 0.168 e. The number of thioether (sulfide) groups is 1. The molecule has 0 saturated carbocycles. The third kappa shape index (κ3) is 6.45. The molecule has 30 heavy (non-hydrogen) atoms. The van der Waals surface area contributed by atoms with Crippen LogP contribution in [-0.2, 0) is 0 Å². The minimum absolute atomic E-state index is 0.169. The number of nitrogens with two attached hydrogens (primary N) is 1. The minimum atomic E-state index is 0.169. The molecule has 2 aromatic rings. The summed E-state index contributed by atoms with van der Waals surface area (Å²) in [5.41, 5.74) is 8.42. The first-order valence-corrected chi connectivity index (χ1v) is 12.0. The van der Waals surface area contributed by atoms with Crippen molar-refractivity contribution < 1.29 is 4.79 Å². The summed E-state index contributed by atoms with van der Waals surface area (Å²) in [7, 11) is 0. The number of rotatable bonds is 9. The summed E-state index contributed by atoms with van der Waals surface area (Å²) in [4.78, 5) is 18.6. The van der Waals surface area contributed by atoms with Crippen LogP contribution in [0.2, 0.25) is 0 Å². The minimum Gasteiger partial charge on any atom is -0.376 e. The normalized spacial score (nSPS) is 14.5. The number of para-hydroxylation sites is 1. The molecule has 1 aliphatic rings. The van der Waals surface area contributed by atoms with Gasteiger partial charge in [-0.2, -0.15) is 0 Å². The van der Waals surface area contributed by atoms with E-state index in [4.69, 9.17) is 18.0 Å². The number of thiocarbonyl (C=S) groups is 1. The molecule has 5 nitrogen and oxygen atoms in total. The Morgan fingerprint density at radius 3 is 2.50 bits per heavy atom. The Hall–Kier alpha value is -2.09. The number of benzene rings is 2. The zero-order valence-electron chi connectivity index (χ0n) is 17.5. The zero-order valence-corrected chi connectivity index (χ0v) is 19.1. The highest BCUT2D eigenvalue weighted by molar-refractivity contribution is 7.98. The van der Waals surface area contributed by atoms with Crippen molar-refractivity contribution in [3.63, 3.8) is 0 Å². The molecule has 0 aromatic heterocycles. The highest BCUT2D eigenvalue weighted by Crippen LogP contribution is 2.27. The Kier molecular flexibility index (Phi) is 8.54. The Morgan fingerprint density at radius 1 is 1.10 bits per heavy atom. The van der Waals surface area contributed by atoms with Crippen LogP contribution in [0, 0.1) is 0 Å². The molecule has 1 fully saturated rings. The van der Waals surface area contributed by atoms with E-state index >= 15 is 0 Å². The van der Waals surface area contributed by atoms with Gasteiger partial charge in [-0.3, -0.25) is 9.69 Å². The second-order valence-corrected chi connectivity index (χ2v) is 8.74. The standard InChI is InChI=1S/C23H30N4OS2/c1-30-22-11-10-18(17-20(22)25-23(24)29)21(28)9-5-6-12-26-13-15-27(16-14-26)19-7-3-2-4-8-19/h2-4,7-8,10-11,17H,5-6,9,12-16H2,1H3,(H3,24,25,29). The largest absolute Gasteiger partial charge is 0.376 e. The molecule has 7 heteroatoms. The summed E-state index contributed by atoms with van der Waals surface area (Å²) in [6, 6.07) is 16.3. The van der Waals surface area contributed by atoms with E-state index in [-0.39, 0.29) is 10.9 Å². The smallest absolute Gasteiger partial charge is 0.168 e. The first-order valence-electron chi connectivity index (χ1n) is 10.4. The van der Waals surface area contributed by atoms with E-state index < -0.39 is 0 Å². The van der Waals surface area contributed by atoms with Gasteiger partial charge in [0, 0.05) is 48.7 Å². The highest BCUT2D eigenvalue weighted by Gasteiger charge is 2.17. The molecule has 1 heterocycles. The lowest BCUT2D eigenvalue weighted by molar-refractivity contribution is 0.0977. The third-order valence-electron chi connectivity index (χ3n) is 5.40. The molecule has 0 radical (unpaired) electrons. The number of carbonyl (C=O) groups is 1. The number of ketones is 1. The molecule has 0 amide bonds. The van der Waals surface area contributed by atoms with Gasteiger partial charge in [-0.25, -0.2) is 0 Å². The van der Waals surface area contributed by atoms with E-state index in [2.05, 4.69) is 45.4 Å². The van der Waals surface area contributed by atoms with Crippen LogP contribution in [0.1, 0.15) is 29.6 Å². The average molecular weight is 443 g/mol. The summed E-state index contributed by atoms with van der Waals surface area (Å²) in [5.74, 6) is 0.169. The van der Waals surface area contributed by atoms with Gasteiger partial charge in [0.15, 0.2) is 10.9 Å². The molecule has 0 spiro atoms. The van der Waals surface area contributed by atoms with Crippen molar-refractivity contribution in [2.45, 2.75) is 24.2 Å². The van der Waals surface area contributed by atoms with E-state index in [1.807, 2.05) is 24.5 Å². The predicted molar refractivity (Wildman–Crippen MR) is 132 cm³/mol. The molecule has 160 valence electrons. The van der Waals surface area contributed by atoms with Gasteiger partial charge in [-0.15, -0.1) is 11.8 Å². The first-order chi connectivity index (χ1) is 14.6. The number of Topliss-reactive ketones (excluding diaryl/α,β-unsaturated/α-hetero) is 1. The Labute approximate surface area is 189 Å². The summed E-state index contributed by atoms with van der Waals surface area (Å²) >= 11 is 6.54. The first kappa shape index (κ1) is 22.6. The van der Waals surface area contributed by atoms with Crippen LogP contribution in [0.4, 0.5) is 11.4 Å². The van der Waals surface area contributed by atoms with Gasteiger partial charge in [0.25, 0.3) is 0 Å². The van der Waals surface area contributed by atoms with Gasteiger partial charge in [-0.1, -0.05) is 24.3 Å². The molecule has 3 rings (SSSR count). The van der Waals surface area contributed by atoms with Crippen LogP contribution in [0.25, 0.3) is 0 Å². The molecular formula is C23H30N4OS2. The lowest BCUT2D eigenvalue weighted by atomic mass is 10.0. The summed E-state index contributed by atoms with van der Waals surface area (Å²) in [6.45, 7) is 5.32. The monoisotopic (exact) mass is 442 g/mol. The number of nitrogens with one attached hydrogen (secondary N) is 1. The molecule has 1 saturated heterocycles. The lowest BCUT2D eigenvalue weighted by Crippen LogP contribution is -2.46. The molecule has 0 unspecified atom stereocenters. The van der Waals surface area contributed by atoms with Crippen molar-refractivity contribution in [1.82, 2.24) is 4.90 Å². The quantitative estimate of drug-likeness (QED) is 0.261. The SMILES string of the molecule is CSc1ccc(C(=O)CCCCN2CCN(c3ccccc3)CC2)cc1NC(N)=S. The van der Waals surface area contributed by atoms with Crippen molar-refractivity contribution in [2.75, 3.05) is 49.2 Å². The molecule has 0 aliphatic carbocycles. The van der Waals surface area contributed by atoms with Crippen LogP contribution >= 0.6 is 24.0 Å². The number of carbonyl (C=O) groups excluding carboxylic acids is 1. The Morgan fingerprint density at radius 2 is 1.83 bits per heavy atom. The van der Waals surface area contributed by atoms with Crippen molar-refractivity contribution in [3.05, 3.63) is 54.1 Å². The van der Waals surface area contributed by atoms with E-state index in [1.165, 1.54) is 5.69 Å². The van der Waals surface area contributed by atoms with Gasteiger partial charge in [0.1, 0.15) is 0 Å². The fourth-order valence-electron chi connectivity index (χ4n) is 3.75. The van der Waals surface area contributed by atoms with E-state index in [9.17, 15) is 4.79 Å². The lowest BCUT2D eigenvalue weighted by Gasteiger charge is -2.36. The highest BCUT2D eigenvalue weighted by atomic mass is 32.2. The van der Waals surface area contributed by atoms with E-state index in [0.29, 0.717) is 12.0 Å². The summed E-state index contributed by atoms with van der Waals surface area (Å²) in [5, 5.41) is 3.18. The predicted octanol–water partition coefficient (Wildman–Crippen LogP) is 4.24. The summed E-state index contributed by atoms with van der Waals surface area (Å²) in [6.07, 6.45) is 4.49. The van der Waals surface area contributed by atoms with Crippen molar-refractivity contribution in [2.24, 2.45) is 5.73 Å². The molecule has 0 bridgehead atoms. The number of unbranched alkanes of at least 4 members (excludes halogenated alkanes) is 1. The maximum atomic E-state index is 12.6. The topological polar surface area (TPSA) is 61.6 Å². The number of nitrogens with zero attached hydrogens (tertiary/aromatic N) is 2. The average Bonchev–Trinajstić information content (AvgIpc) is 2.77. The van der Waals surface area contributed by atoms with Crippen LogP contribution in [0.3, 0.4) is 0 Å². The number of hydrogen-bond acceptors (Lipinski definition) is 5. The number of piperazine rings is 1. The molecule has 3 N–H and O–H groups in total. The second-order valence-electron chi connectivity index (χ2n) is 7.45. The Balaban J connectivity index is 1.40. The van der Waals surface area contributed by atoms with Crippen LogP contribution in [-0.4, -0.2) is 54.8 Å². The fraction of sp³-hybridized carbons (Fsp3) is 0.391. The van der Waals surface area contributed by atoms with Crippen molar-refractivity contribution in [3.8, 4) is 0 Å². The van der Waals surface area contributed by atoms with Gasteiger partial charge in [0.2, 0.25) is 0 Å². The molecule has 1 aliphatic heterocycles. The van der Waals surface area contributed by atoms with Gasteiger partial charge in [-0.05, 0) is 62.1 Å². The molecule has 0 atom stereocenters. The number of hydrogen-bond donors (Lipinski definition) is 2. The number of anilines is 2. The van der Waals surface area contributed by atoms with Crippen molar-refractivity contribution >= 4 is 46.3 Å². The van der Waals surface area contributed by atoms with Crippen LogP contribution in [0.5, 0.6) is 0 Å². The van der Waals surface area contributed by atoms with Crippen LogP contribution < -0.4 is 16.0 Å². The molecular weight excluding hydrogens is 412 g/mol. The second kappa shape index (κ2) is 11.3. The molecule has 2 aromatic carbocycles. The van der Waals surface area contributed by atoms with Gasteiger partial charge < -0.3 is 16.0 Å². The van der Waals surface area contributed by atoms with Gasteiger partial charge >= 0.3 is 0 Å².